The van der Waals surface area contributed by atoms with Gasteiger partial charge in [-0.25, -0.2) is 0 Å². The Morgan fingerprint density at radius 2 is 1.09 bits per heavy atom. The van der Waals surface area contributed by atoms with Gasteiger partial charge in [0.1, 0.15) is 18.1 Å². The molecule has 7 amide bonds. The number of nitrogens with one attached hydrogen (secondary N) is 6. The van der Waals surface area contributed by atoms with Gasteiger partial charge in [0.15, 0.2) is 5.96 Å². The summed E-state index contributed by atoms with van der Waals surface area (Å²) in [4.78, 5) is 151. The molecule has 1 aromatic rings. The van der Waals surface area contributed by atoms with Crippen LogP contribution in [0.4, 0.5) is 0 Å². The largest absolute Gasteiger partial charge is 0.480 e. The summed E-state index contributed by atoms with van der Waals surface area (Å²) in [6.07, 6.45) is 4.71. The third-order valence-corrected chi connectivity index (χ3v) is 15.7. The normalized spacial score (nSPS) is 17.4. The van der Waals surface area contributed by atoms with Crippen molar-refractivity contribution in [1.82, 2.24) is 61.3 Å². The summed E-state index contributed by atoms with van der Waals surface area (Å²) in [7, 11) is 1.67. The van der Waals surface area contributed by atoms with E-state index in [4.69, 9.17) is 5.73 Å². The number of amides is 7. The monoisotopic (exact) mass is 1300 g/mol. The number of hydrogen-bond acceptors (Lipinski definition) is 19. The number of aliphatic imine (C=N–C) groups is 1. The van der Waals surface area contributed by atoms with Crippen LogP contribution in [0.3, 0.4) is 0 Å². The highest BCUT2D eigenvalue weighted by Gasteiger charge is 2.42. The molecule has 15 N–H and O–H groups in total. The van der Waals surface area contributed by atoms with E-state index >= 15 is 0 Å². The maximum Gasteiger partial charge on any atom is 0.475 e. The summed E-state index contributed by atoms with van der Waals surface area (Å²) >= 11 is 0. The average molecular weight is 1300 g/mol. The number of rotatable bonds is 40. The van der Waals surface area contributed by atoms with Gasteiger partial charge >= 0.3 is 31.0 Å². The number of carbonyl (C=O) groups excluding carboxylic acids is 7. The molecule has 2 aliphatic rings. The molecule has 516 valence electrons. The van der Waals surface area contributed by atoms with Crippen molar-refractivity contribution in [2.24, 2.45) is 10.7 Å². The van der Waals surface area contributed by atoms with Gasteiger partial charge in [0.05, 0.1) is 31.7 Å². The molecule has 92 heavy (non-hydrogen) atoms. The van der Waals surface area contributed by atoms with E-state index in [-0.39, 0.29) is 165 Å². The van der Waals surface area contributed by atoms with Crippen molar-refractivity contribution in [2.75, 3.05) is 119 Å². The molecule has 0 aliphatic carbocycles. The van der Waals surface area contributed by atoms with Crippen LogP contribution in [0.1, 0.15) is 126 Å². The van der Waals surface area contributed by atoms with Crippen LogP contribution in [0.25, 0.3) is 0 Å². The van der Waals surface area contributed by atoms with Crippen LogP contribution in [0.2, 0.25) is 0 Å². The number of carbonyl (C=O) groups is 11. The minimum Gasteiger partial charge on any atom is -0.480 e. The van der Waals surface area contributed by atoms with Crippen molar-refractivity contribution in [2.45, 2.75) is 146 Å². The topological polar surface area (TPSA) is 459 Å². The zero-order chi connectivity index (χ0) is 68.1. The highest BCUT2D eigenvalue weighted by Crippen LogP contribution is 2.20. The molecule has 33 heteroatoms. The maximum atomic E-state index is 13.3. The van der Waals surface area contributed by atoms with E-state index in [1.807, 2.05) is 0 Å². The number of nitrogens with zero attached hydrogens (tertiary/aromatic N) is 7. The number of unbranched alkanes of at least 4 members (excludes halogenated alkanes) is 5. The molecule has 0 bridgehead atoms. The first-order valence-electron chi connectivity index (χ1n) is 31.6. The van der Waals surface area contributed by atoms with Gasteiger partial charge in [0.25, 0.3) is 5.91 Å². The first kappa shape index (κ1) is 78.7. The van der Waals surface area contributed by atoms with E-state index in [1.54, 1.807) is 62.9 Å². The number of aliphatic hydroxyl groups is 1. The lowest BCUT2D eigenvalue weighted by Crippen LogP contribution is -2.52. The van der Waals surface area contributed by atoms with Gasteiger partial charge in [-0.1, -0.05) is 18.6 Å². The zero-order valence-electron chi connectivity index (χ0n) is 53.4. The molecule has 1 aromatic carbocycles. The number of nitrogens with two attached hydrogens (primary N) is 1. The molecule has 0 saturated carbocycles. The molecule has 2 saturated heterocycles. The predicted octanol–water partition coefficient (Wildman–Crippen LogP) is -3.12. The highest BCUT2D eigenvalue weighted by atomic mass is 16.4. The minimum absolute atomic E-state index is 0.00415. The molecule has 0 aromatic heterocycles. The Morgan fingerprint density at radius 1 is 0.609 bits per heavy atom. The van der Waals surface area contributed by atoms with Crippen LogP contribution in [-0.4, -0.2) is 292 Å². The molecule has 0 radical (unpaired) electrons. The molecule has 2 aliphatic heterocycles. The molecule has 2 fully saturated rings. The van der Waals surface area contributed by atoms with E-state index in [0.717, 1.165) is 4.90 Å². The van der Waals surface area contributed by atoms with Gasteiger partial charge in [0, 0.05) is 137 Å². The fourth-order valence-electron chi connectivity index (χ4n) is 10.4. The SMILES string of the molecule is C[C@@H](NC(=O)c1ccc(CNC(=O)CCCCNC(=O)[C@H](CCCN=C(N)N(C)C)NC(=O)CCCCCC(=O)NCCCCCNC(=O)CC[C@H](C(=O)O)N2CCN(CC(=O)O)CCN(CC(=O)O)CCN(CC(=O)O)CC2)cc1)C(=O)N1C[C@@H](O)C[C@H]1B(O)O. The Balaban J connectivity index is 1.33. The van der Waals surface area contributed by atoms with E-state index in [1.165, 1.54) is 6.92 Å². The number of likely N-dealkylation sites (tertiary alicyclic amines) is 1. The zero-order valence-corrected chi connectivity index (χ0v) is 53.4. The van der Waals surface area contributed by atoms with Crippen molar-refractivity contribution in [3.63, 3.8) is 0 Å². The van der Waals surface area contributed by atoms with Crippen LogP contribution >= 0.6 is 0 Å². The summed E-state index contributed by atoms with van der Waals surface area (Å²) in [6, 6.07) is 3.42. The number of carboxylic acid groups (broad SMARTS) is 4. The fraction of sp³-hybridized carbons (Fsp3) is 0.695. The first-order chi connectivity index (χ1) is 43.7. The lowest BCUT2D eigenvalue weighted by molar-refractivity contribution is -0.145. The van der Waals surface area contributed by atoms with Gasteiger partial charge < -0.3 is 83.0 Å². The molecule has 0 unspecified atom stereocenters. The molecular weight excluding hydrogens is 1200 g/mol. The molecular formula is C59H99BN14O18. The van der Waals surface area contributed by atoms with Crippen molar-refractivity contribution in [3.05, 3.63) is 35.4 Å². The Labute approximate surface area is 537 Å². The first-order valence-corrected chi connectivity index (χ1v) is 31.6. The smallest absolute Gasteiger partial charge is 0.475 e. The summed E-state index contributed by atoms with van der Waals surface area (Å²) in [5, 5.41) is 84.7. The summed E-state index contributed by atoms with van der Waals surface area (Å²) in [6.45, 7) is 3.02. The van der Waals surface area contributed by atoms with Crippen molar-refractivity contribution in [1.29, 1.82) is 0 Å². The molecule has 2 heterocycles. The van der Waals surface area contributed by atoms with E-state index in [0.29, 0.717) is 95.4 Å². The van der Waals surface area contributed by atoms with Gasteiger partial charge in [-0.3, -0.25) is 77.3 Å². The van der Waals surface area contributed by atoms with Gasteiger partial charge in [-0.15, -0.1) is 0 Å². The number of β-amino-alcohol motifs (C(OH)–C–C–N with tert-alkyl or cyclic N) is 1. The van der Waals surface area contributed by atoms with Crippen LogP contribution < -0.4 is 37.6 Å². The van der Waals surface area contributed by atoms with Gasteiger partial charge in [0.2, 0.25) is 35.4 Å². The third-order valence-electron chi connectivity index (χ3n) is 15.7. The van der Waals surface area contributed by atoms with E-state index in [9.17, 15) is 88.3 Å². The lowest BCUT2D eigenvalue weighted by Gasteiger charge is -2.35. The maximum absolute atomic E-state index is 13.3. The summed E-state index contributed by atoms with van der Waals surface area (Å²) in [5.41, 5.74) is 6.89. The van der Waals surface area contributed by atoms with Gasteiger partial charge in [-0.05, 0) is 95.2 Å². The van der Waals surface area contributed by atoms with Crippen molar-refractivity contribution < 1.29 is 88.3 Å². The minimum atomic E-state index is -1.84. The second-order valence-electron chi connectivity index (χ2n) is 23.4. The Kier molecular flexibility index (Phi) is 37.0. The number of benzene rings is 1. The number of guanidine groups is 1. The fourth-order valence-corrected chi connectivity index (χ4v) is 10.4. The number of carboxylic acids is 4. The standard InChI is InChI=1S/C59H99BN14O18/c1-41(57(88)74-37-44(75)35-47(74)60(91)92)67-55(86)43-19-17-42(18-20-43)36-66-49(77)15-8-11-25-64-56(87)45(13-12-26-65-59(61)69(2)3)68-51(79)16-7-4-6-14-48(76)62-23-9-5-10-24-63-50(78)22-21-46(58(89)90)73-33-31-71(39-53(82)83)29-27-70(38-52(80)81)28-30-72(32-34-73)40-54(84)85/h17-20,41,44-47,75,91-92H,4-16,21-40H2,1-3H3,(H2,61,65)(H,62,76)(H,63,78)(H,64,87)(H,66,77)(H,67,86)(H,68,79)(H,80,81)(H,82,83)(H,84,85)(H,89,90)/t41-,44+,45+,46-,47+/m1/s1. The number of aliphatic carboxylic acids is 4. The van der Waals surface area contributed by atoms with Crippen LogP contribution in [0.15, 0.2) is 29.3 Å². The quantitative estimate of drug-likeness (QED) is 0.0134. The average Bonchev–Trinajstić information content (AvgIpc) is 1.75. The van der Waals surface area contributed by atoms with Crippen LogP contribution in [-0.2, 0) is 54.5 Å². The number of aliphatic hydroxyl groups excluding tert-OH is 1. The summed E-state index contributed by atoms with van der Waals surface area (Å²) < 4.78 is 0. The Morgan fingerprint density at radius 3 is 1.61 bits per heavy atom. The third kappa shape index (κ3) is 32.6. The van der Waals surface area contributed by atoms with E-state index < -0.39 is 73.0 Å². The molecule has 5 atom stereocenters. The van der Waals surface area contributed by atoms with E-state index in [2.05, 4.69) is 36.9 Å². The second kappa shape index (κ2) is 43.3. The highest BCUT2D eigenvalue weighted by molar-refractivity contribution is 6.43. The molecule has 0 spiro atoms. The molecule has 32 nitrogen and oxygen atoms in total. The van der Waals surface area contributed by atoms with Crippen molar-refractivity contribution in [3.8, 4) is 0 Å². The Bertz CT molecular complexity index is 2540. The number of hydrogen-bond donors (Lipinski definition) is 14. The molecule has 3 rings (SSSR count). The predicted molar refractivity (Wildman–Crippen MR) is 337 cm³/mol. The van der Waals surface area contributed by atoms with Crippen LogP contribution in [0.5, 0.6) is 0 Å². The second-order valence-corrected chi connectivity index (χ2v) is 23.4. The van der Waals surface area contributed by atoms with Gasteiger partial charge in [-0.2, -0.15) is 0 Å². The van der Waals surface area contributed by atoms with Crippen molar-refractivity contribution >= 4 is 78.3 Å². The van der Waals surface area contributed by atoms with Crippen LogP contribution in [0, 0.1) is 0 Å². The Hall–Kier alpha value is -7.56. The summed E-state index contributed by atoms with van der Waals surface area (Å²) in [5.74, 6) is -7.70. The lowest BCUT2D eigenvalue weighted by atomic mass is 9.77.